The molecule has 1 amide bonds. The minimum atomic E-state index is -3.96. The summed E-state index contributed by atoms with van der Waals surface area (Å²) in [5, 5.41) is 0. The Morgan fingerprint density at radius 3 is 2.63 bits per heavy atom. The number of amides is 1. The molecule has 0 aromatic heterocycles. The summed E-state index contributed by atoms with van der Waals surface area (Å²) in [4.78, 5) is 13.9. The number of carbonyl (C=O) groups excluding carboxylic acids is 1. The first-order chi connectivity index (χ1) is 13.0. The Hall–Kier alpha value is -2.78. The second-order valence-corrected chi connectivity index (χ2v) is 7.55. The van der Waals surface area contributed by atoms with Crippen LogP contribution in [-0.2, 0) is 14.8 Å². The number of hydrogen-bond donors (Lipinski definition) is 2. The number of hydrazine groups is 1. The van der Waals surface area contributed by atoms with Crippen molar-refractivity contribution in [1.82, 2.24) is 10.3 Å². The SMILES string of the molecule is Cc1ccccc1OCC(=O)NNS(=O)(=O)c1ccc2c(c1)OCCCO2. The lowest BCUT2D eigenvalue weighted by Gasteiger charge is -2.12. The maximum Gasteiger partial charge on any atom is 0.272 e. The van der Waals surface area contributed by atoms with Gasteiger partial charge in [0.2, 0.25) is 0 Å². The van der Waals surface area contributed by atoms with Crippen LogP contribution in [0, 0.1) is 6.92 Å². The van der Waals surface area contributed by atoms with Gasteiger partial charge in [0.25, 0.3) is 15.9 Å². The third-order valence-corrected chi connectivity index (χ3v) is 5.05. The Bertz CT molecular complexity index is 929. The molecule has 0 aliphatic carbocycles. The van der Waals surface area contributed by atoms with Crippen LogP contribution < -0.4 is 24.5 Å². The fourth-order valence-electron chi connectivity index (χ4n) is 2.39. The van der Waals surface area contributed by atoms with E-state index in [1.54, 1.807) is 12.1 Å². The second kappa shape index (κ2) is 8.28. The predicted octanol–water partition coefficient (Wildman–Crippen LogP) is 1.54. The van der Waals surface area contributed by atoms with E-state index in [1.165, 1.54) is 18.2 Å². The molecule has 0 fully saturated rings. The quantitative estimate of drug-likeness (QED) is 0.723. The third-order valence-electron chi connectivity index (χ3n) is 3.81. The van der Waals surface area contributed by atoms with Crippen molar-refractivity contribution in [3.63, 3.8) is 0 Å². The summed E-state index contributed by atoms with van der Waals surface area (Å²) in [6.07, 6.45) is 0.714. The molecule has 0 unspecified atom stereocenters. The second-order valence-electron chi connectivity index (χ2n) is 5.87. The maximum absolute atomic E-state index is 12.4. The van der Waals surface area contributed by atoms with Gasteiger partial charge in [0.1, 0.15) is 5.75 Å². The molecule has 0 atom stereocenters. The number of aryl methyl sites for hydroxylation is 1. The van der Waals surface area contributed by atoms with Crippen molar-refractivity contribution < 1.29 is 27.4 Å². The largest absolute Gasteiger partial charge is 0.490 e. The Morgan fingerprint density at radius 2 is 1.85 bits per heavy atom. The molecule has 0 saturated heterocycles. The normalized spacial score (nSPS) is 13.5. The van der Waals surface area contributed by atoms with Crippen molar-refractivity contribution in [1.29, 1.82) is 0 Å². The lowest BCUT2D eigenvalue weighted by Crippen LogP contribution is -2.43. The molecule has 0 saturated carbocycles. The first-order valence-corrected chi connectivity index (χ1v) is 9.83. The summed E-state index contributed by atoms with van der Waals surface area (Å²) in [6, 6.07) is 11.5. The Kier molecular flexibility index (Phi) is 5.82. The Balaban J connectivity index is 1.59. The molecule has 2 aromatic carbocycles. The maximum atomic E-state index is 12.4. The lowest BCUT2D eigenvalue weighted by atomic mass is 10.2. The molecule has 0 bridgehead atoms. The highest BCUT2D eigenvalue weighted by molar-refractivity contribution is 7.89. The molecule has 2 aromatic rings. The fraction of sp³-hybridized carbons (Fsp3) is 0.278. The molecule has 0 radical (unpaired) electrons. The van der Waals surface area contributed by atoms with Crippen LogP contribution >= 0.6 is 0 Å². The van der Waals surface area contributed by atoms with Gasteiger partial charge < -0.3 is 14.2 Å². The van der Waals surface area contributed by atoms with Gasteiger partial charge in [-0.1, -0.05) is 18.2 Å². The van der Waals surface area contributed by atoms with Gasteiger partial charge in [0.15, 0.2) is 18.1 Å². The summed E-state index contributed by atoms with van der Waals surface area (Å²) >= 11 is 0. The third kappa shape index (κ3) is 4.89. The Morgan fingerprint density at radius 1 is 1.11 bits per heavy atom. The number of ether oxygens (including phenoxy) is 3. The average molecular weight is 392 g/mol. The van der Waals surface area contributed by atoms with Crippen molar-refractivity contribution >= 4 is 15.9 Å². The molecule has 9 heteroatoms. The highest BCUT2D eigenvalue weighted by atomic mass is 32.2. The van der Waals surface area contributed by atoms with Crippen LogP contribution in [0.2, 0.25) is 0 Å². The first-order valence-electron chi connectivity index (χ1n) is 8.34. The number of hydrogen-bond acceptors (Lipinski definition) is 6. The van der Waals surface area contributed by atoms with Gasteiger partial charge in [-0.15, -0.1) is 4.83 Å². The van der Waals surface area contributed by atoms with Crippen molar-refractivity contribution in [2.45, 2.75) is 18.2 Å². The van der Waals surface area contributed by atoms with E-state index >= 15 is 0 Å². The highest BCUT2D eigenvalue weighted by Gasteiger charge is 2.19. The number of carbonyl (C=O) groups is 1. The highest BCUT2D eigenvalue weighted by Crippen LogP contribution is 2.31. The molecule has 2 N–H and O–H groups in total. The van der Waals surface area contributed by atoms with E-state index in [2.05, 4.69) is 5.43 Å². The molecule has 27 heavy (non-hydrogen) atoms. The van der Waals surface area contributed by atoms with Crippen molar-refractivity contribution in [2.24, 2.45) is 0 Å². The van der Waals surface area contributed by atoms with Crippen molar-refractivity contribution in [3.8, 4) is 17.2 Å². The molecule has 1 aliphatic heterocycles. The van der Waals surface area contributed by atoms with Gasteiger partial charge in [-0.25, -0.2) is 8.42 Å². The lowest BCUT2D eigenvalue weighted by molar-refractivity contribution is -0.123. The minimum absolute atomic E-state index is 0.0492. The predicted molar refractivity (Wildman–Crippen MR) is 97.2 cm³/mol. The summed E-state index contributed by atoms with van der Waals surface area (Å²) in [6.45, 7) is 2.47. The number of sulfonamides is 1. The van der Waals surface area contributed by atoms with Crippen LogP contribution in [0.5, 0.6) is 17.2 Å². The van der Waals surface area contributed by atoms with E-state index in [0.717, 1.165) is 5.56 Å². The summed E-state index contributed by atoms with van der Waals surface area (Å²) in [7, 11) is -3.96. The number of benzene rings is 2. The van der Waals surface area contributed by atoms with E-state index in [1.807, 2.05) is 23.9 Å². The van der Waals surface area contributed by atoms with Crippen LogP contribution in [0.15, 0.2) is 47.4 Å². The van der Waals surface area contributed by atoms with Gasteiger partial charge >= 0.3 is 0 Å². The van der Waals surface area contributed by atoms with Crippen molar-refractivity contribution in [3.05, 3.63) is 48.0 Å². The van der Waals surface area contributed by atoms with E-state index in [4.69, 9.17) is 14.2 Å². The molecule has 1 heterocycles. The summed E-state index contributed by atoms with van der Waals surface area (Å²) in [5.74, 6) is 0.765. The van der Waals surface area contributed by atoms with Gasteiger partial charge in [-0.05, 0) is 30.7 Å². The Labute approximate surface area is 157 Å². The molecular weight excluding hydrogens is 372 g/mol. The minimum Gasteiger partial charge on any atom is -0.490 e. The molecule has 3 rings (SSSR count). The van der Waals surface area contributed by atoms with Crippen LogP contribution in [-0.4, -0.2) is 34.1 Å². The molecule has 1 aliphatic rings. The van der Waals surface area contributed by atoms with E-state index < -0.39 is 15.9 Å². The first kappa shape index (κ1) is 19.0. The standard InChI is InChI=1S/C18H20N2O6S/c1-13-5-2-3-6-15(13)26-12-18(21)19-20-27(22,23)14-7-8-16-17(11-14)25-10-4-9-24-16/h2-3,5-8,11,20H,4,9-10,12H2,1H3,(H,19,21). The molecular formula is C18H20N2O6S. The van der Waals surface area contributed by atoms with E-state index in [9.17, 15) is 13.2 Å². The summed E-state index contributed by atoms with van der Waals surface area (Å²) < 4.78 is 41.1. The monoisotopic (exact) mass is 392 g/mol. The summed E-state index contributed by atoms with van der Waals surface area (Å²) in [5.41, 5.74) is 3.00. The average Bonchev–Trinajstić information content (AvgIpc) is 2.90. The molecule has 0 spiro atoms. The zero-order valence-electron chi connectivity index (χ0n) is 14.7. The van der Waals surface area contributed by atoms with Gasteiger partial charge in [0.05, 0.1) is 18.1 Å². The fourth-order valence-corrected chi connectivity index (χ4v) is 3.27. The van der Waals surface area contributed by atoms with Gasteiger partial charge in [0, 0.05) is 12.5 Å². The van der Waals surface area contributed by atoms with Gasteiger partial charge in [-0.3, -0.25) is 10.2 Å². The van der Waals surface area contributed by atoms with E-state index in [0.29, 0.717) is 36.9 Å². The molecule has 8 nitrogen and oxygen atoms in total. The smallest absolute Gasteiger partial charge is 0.272 e. The zero-order valence-corrected chi connectivity index (χ0v) is 15.5. The number of rotatable bonds is 6. The van der Waals surface area contributed by atoms with Gasteiger partial charge in [-0.2, -0.15) is 0 Å². The van der Waals surface area contributed by atoms with Crippen LogP contribution in [0.4, 0.5) is 0 Å². The zero-order chi connectivity index (χ0) is 19.3. The van der Waals surface area contributed by atoms with Crippen LogP contribution in [0.25, 0.3) is 0 Å². The van der Waals surface area contributed by atoms with Crippen molar-refractivity contribution in [2.75, 3.05) is 19.8 Å². The molecule has 144 valence electrons. The van der Waals surface area contributed by atoms with Crippen LogP contribution in [0.3, 0.4) is 0 Å². The number of nitrogens with one attached hydrogen (secondary N) is 2. The number of para-hydroxylation sites is 1. The number of fused-ring (bicyclic) bond motifs is 1. The topological polar surface area (TPSA) is 103 Å². The van der Waals surface area contributed by atoms with Crippen LogP contribution in [0.1, 0.15) is 12.0 Å². The van der Waals surface area contributed by atoms with E-state index in [-0.39, 0.29) is 11.5 Å².